The highest BCUT2D eigenvalue weighted by Crippen LogP contribution is 2.39. The van der Waals surface area contributed by atoms with Gasteiger partial charge in [0.1, 0.15) is 23.9 Å². The van der Waals surface area contributed by atoms with Crippen LogP contribution in [-0.2, 0) is 20.9 Å². The lowest BCUT2D eigenvalue weighted by Crippen LogP contribution is -2.31. The van der Waals surface area contributed by atoms with Crippen LogP contribution in [-0.4, -0.2) is 47.3 Å². The van der Waals surface area contributed by atoms with Gasteiger partial charge >= 0.3 is 10.3 Å². The Labute approximate surface area is 191 Å². The molecule has 2 heterocycles. The monoisotopic (exact) mass is 477 g/mol. The van der Waals surface area contributed by atoms with Crippen LogP contribution < -0.4 is 10.0 Å². The van der Waals surface area contributed by atoms with E-state index in [1.165, 1.54) is 24.5 Å². The number of aromatic nitrogens is 3. The molecule has 2 aliphatic carbocycles. The molecule has 5 rings (SSSR count). The van der Waals surface area contributed by atoms with Crippen LogP contribution in [0.3, 0.4) is 0 Å². The van der Waals surface area contributed by atoms with Crippen LogP contribution in [0.1, 0.15) is 42.5 Å². The molecular weight excluding hydrogens is 454 g/mol. The number of fused-ring (bicyclic) bond motifs is 2. The van der Waals surface area contributed by atoms with E-state index in [4.69, 9.17) is 15.8 Å². The van der Waals surface area contributed by atoms with Gasteiger partial charge in [-0.15, -0.1) is 0 Å². The zero-order valence-corrected chi connectivity index (χ0v) is 19.0. The Kier molecular flexibility index (Phi) is 5.58. The zero-order valence-electron chi connectivity index (χ0n) is 17.4. The van der Waals surface area contributed by atoms with E-state index in [0.29, 0.717) is 12.8 Å². The molecule has 0 aliphatic heterocycles. The summed E-state index contributed by atoms with van der Waals surface area (Å²) in [6, 6.07) is 7.88. The van der Waals surface area contributed by atoms with Gasteiger partial charge in [0.25, 0.3) is 0 Å². The van der Waals surface area contributed by atoms with E-state index >= 15 is 0 Å². The van der Waals surface area contributed by atoms with Crippen molar-refractivity contribution in [3.8, 4) is 0 Å². The van der Waals surface area contributed by atoms with Crippen LogP contribution >= 0.6 is 11.6 Å². The van der Waals surface area contributed by atoms with Crippen LogP contribution in [0.5, 0.6) is 0 Å². The summed E-state index contributed by atoms with van der Waals surface area (Å²) < 4.78 is 32.6. The van der Waals surface area contributed by atoms with Gasteiger partial charge in [-0.25, -0.2) is 9.97 Å². The van der Waals surface area contributed by atoms with Crippen LogP contribution in [0.2, 0.25) is 5.02 Å². The Balaban J connectivity index is 1.40. The Bertz CT molecular complexity index is 1260. The molecule has 0 saturated heterocycles. The number of aliphatic hydroxyl groups excluding tert-OH is 1. The molecule has 9 nitrogen and oxygen atoms in total. The minimum absolute atomic E-state index is 0.114. The molecule has 1 aromatic carbocycles. The first-order chi connectivity index (χ1) is 15.4. The largest absolute Gasteiger partial charge is 0.390 e. The average Bonchev–Trinajstić information content (AvgIpc) is 3.47. The fourth-order valence-electron chi connectivity index (χ4n) is 4.80. The Morgan fingerprint density at radius 2 is 2.09 bits per heavy atom. The first kappa shape index (κ1) is 21.6. The number of rotatable bonds is 6. The number of halogens is 1. The van der Waals surface area contributed by atoms with Crippen molar-refractivity contribution in [1.29, 1.82) is 0 Å². The molecule has 32 heavy (non-hydrogen) atoms. The fraction of sp³-hybridized carbons (Fsp3) is 0.429. The summed E-state index contributed by atoms with van der Waals surface area (Å²) >= 11 is 6.35. The maximum Gasteiger partial charge on any atom is 0.335 e. The van der Waals surface area contributed by atoms with Crippen molar-refractivity contribution >= 4 is 38.8 Å². The molecular formula is C21H24ClN5O4S. The fourth-order valence-corrected chi connectivity index (χ4v) is 5.70. The summed E-state index contributed by atoms with van der Waals surface area (Å²) in [6.07, 6.45) is 4.28. The van der Waals surface area contributed by atoms with Gasteiger partial charge < -0.3 is 15.0 Å². The first-order valence-electron chi connectivity index (χ1n) is 10.5. The quantitative estimate of drug-likeness (QED) is 0.499. The summed E-state index contributed by atoms with van der Waals surface area (Å²) in [6.45, 7) is 0. The summed E-state index contributed by atoms with van der Waals surface area (Å²) in [5.41, 5.74) is 3.09. The van der Waals surface area contributed by atoms with E-state index in [9.17, 15) is 13.5 Å². The van der Waals surface area contributed by atoms with Gasteiger partial charge in [-0.3, -0.25) is 4.18 Å². The number of aliphatic hydroxyl groups is 1. The van der Waals surface area contributed by atoms with Crippen molar-refractivity contribution in [2.24, 2.45) is 0 Å². The maximum absolute atomic E-state index is 11.7. The molecule has 4 atom stereocenters. The topological polar surface area (TPSA) is 118 Å². The van der Waals surface area contributed by atoms with Gasteiger partial charge in [0.05, 0.1) is 17.5 Å². The van der Waals surface area contributed by atoms with Gasteiger partial charge in [-0.1, -0.05) is 23.7 Å². The average molecular weight is 478 g/mol. The SMILES string of the molecule is CNS(=O)(=O)O[C@H]1C[C@H](n2ccc3c(N[C@@H]4CCc5c(Cl)cccc54)ncnc32)C[C@@H]1O. The standard InChI is InChI=1S/C21H24ClN5O4S/c1-23-32(29,30)31-19-10-12(9-18(19)28)27-8-7-15-20(24-11-25-21(15)27)26-17-6-5-13-14(17)3-2-4-16(13)22/h2-4,7-8,11-12,17-19,23,28H,5-6,9-10H2,1H3,(H,24,25,26)/t12-,17-,18+,19+/m1/s1. The molecule has 0 unspecified atom stereocenters. The summed E-state index contributed by atoms with van der Waals surface area (Å²) in [7, 11) is -2.61. The molecule has 1 saturated carbocycles. The van der Waals surface area contributed by atoms with E-state index in [1.807, 2.05) is 29.0 Å². The lowest BCUT2D eigenvalue weighted by Gasteiger charge is -2.17. The van der Waals surface area contributed by atoms with Crippen molar-refractivity contribution in [2.45, 2.75) is 50.0 Å². The second kappa shape index (κ2) is 8.27. The van der Waals surface area contributed by atoms with Crippen LogP contribution in [0, 0.1) is 0 Å². The van der Waals surface area contributed by atoms with Gasteiger partial charge in [-0.05, 0) is 48.9 Å². The highest BCUT2D eigenvalue weighted by molar-refractivity contribution is 7.84. The second-order valence-corrected chi connectivity index (χ2v) is 10.1. The molecule has 3 aromatic rings. The van der Waals surface area contributed by atoms with Gasteiger partial charge in [0, 0.05) is 24.3 Å². The number of hydrogen-bond acceptors (Lipinski definition) is 7. The zero-order chi connectivity index (χ0) is 22.5. The highest BCUT2D eigenvalue weighted by atomic mass is 35.5. The van der Waals surface area contributed by atoms with Crippen LogP contribution in [0.15, 0.2) is 36.8 Å². The van der Waals surface area contributed by atoms with Gasteiger partial charge in [0.2, 0.25) is 0 Å². The van der Waals surface area contributed by atoms with Crippen molar-refractivity contribution in [3.63, 3.8) is 0 Å². The third-order valence-electron chi connectivity index (χ3n) is 6.37. The van der Waals surface area contributed by atoms with E-state index in [-0.39, 0.29) is 12.1 Å². The van der Waals surface area contributed by atoms with Gasteiger partial charge in [-0.2, -0.15) is 13.1 Å². The summed E-state index contributed by atoms with van der Waals surface area (Å²) in [4.78, 5) is 8.92. The molecule has 0 spiro atoms. The Hall–Kier alpha value is -2.24. The molecule has 0 radical (unpaired) electrons. The molecule has 2 aliphatic rings. The predicted molar refractivity (Wildman–Crippen MR) is 121 cm³/mol. The third-order valence-corrected chi connectivity index (χ3v) is 7.73. The van der Waals surface area contributed by atoms with E-state index in [1.54, 1.807) is 0 Å². The lowest BCUT2D eigenvalue weighted by molar-refractivity contribution is 0.0635. The lowest BCUT2D eigenvalue weighted by atomic mass is 10.1. The molecule has 0 amide bonds. The minimum atomic E-state index is -3.88. The molecule has 0 bridgehead atoms. The van der Waals surface area contributed by atoms with Crippen molar-refractivity contribution in [2.75, 3.05) is 12.4 Å². The number of nitrogens with one attached hydrogen (secondary N) is 2. The molecule has 2 aromatic heterocycles. The smallest absolute Gasteiger partial charge is 0.335 e. The second-order valence-electron chi connectivity index (χ2n) is 8.21. The predicted octanol–water partition coefficient (Wildman–Crippen LogP) is 2.73. The van der Waals surface area contributed by atoms with Crippen LogP contribution in [0.25, 0.3) is 11.0 Å². The summed E-state index contributed by atoms with van der Waals surface area (Å²) in [5, 5.41) is 15.6. The number of benzene rings is 1. The Morgan fingerprint density at radius 1 is 1.25 bits per heavy atom. The minimum Gasteiger partial charge on any atom is -0.390 e. The molecule has 170 valence electrons. The Morgan fingerprint density at radius 3 is 2.91 bits per heavy atom. The molecule has 11 heteroatoms. The van der Waals surface area contributed by atoms with E-state index in [0.717, 1.165) is 34.7 Å². The molecule has 1 fully saturated rings. The van der Waals surface area contributed by atoms with Crippen molar-refractivity contribution < 1.29 is 17.7 Å². The highest BCUT2D eigenvalue weighted by Gasteiger charge is 2.38. The van der Waals surface area contributed by atoms with Crippen LogP contribution in [0.4, 0.5) is 5.82 Å². The van der Waals surface area contributed by atoms with E-state index in [2.05, 4.69) is 26.1 Å². The van der Waals surface area contributed by atoms with Crippen molar-refractivity contribution in [1.82, 2.24) is 19.3 Å². The normalized spacial score (nSPS) is 25.3. The van der Waals surface area contributed by atoms with Gasteiger partial charge in [0.15, 0.2) is 0 Å². The molecule has 3 N–H and O–H groups in total. The number of hydrogen-bond donors (Lipinski definition) is 3. The first-order valence-corrected chi connectivity index (χ1v) is 12.3. The van der Waals surface area contributed by atoms with Crippen molar-refractivity contribution in [3.05, 3.63) is 52.9 Å². The number of nitrogens with zero attached hydrogens (tertiary/aromatic N) is 3. The summed E-state index contributed by atoms with van der Waals surface area (Å²) in [5.74, 6) is 0.732. The third kappa shape index (κ3) is 3.86. The maximum atomic E-state index is 11.7. The van der Waals surface area contributed by atoms with E-state index < -0.39 is 22.5 Å². The number of anilines is 1.